The second-order valence-electron chi connectivity index (χ2n) is 4.46. The molecule has 7 heteroatoms. The molecule has 2 aromatic rings. The van der Waals surface area contributed by atoms with E-state index in [0.29, 0.717) is 23.7 Å². The lowest BCUT2D eigenvalue weighted by Crippen LogP contribution is -2.18. The molecule has 0 aliphatic carbocycles. The number of nitrogens with two attached hydrogens (primary N) is 1. The van der Waals surface area contributed by atoms with Crippen LogP contribution in [-0.4, -0.2) is 22.8 Å². The van der Waals surface area contributed by atoms with E-state index in [9.17, 15) is 9.18 Å². The highest BCUT2D eigenvalue weighted by Crippen LogP contribution is 2.18. The number of carbonyl (C=O) groups is 1. The molecule has 0 unspecified atom stereocenters. The predicted octanol–water partition coefficient (Wildman–Crippen LogP) is 2.15. The molecule has 106 valence electrons. The number of rotatable bonds is 5. The number of aromatic nitrogens is 2. The van der Waals surface area contributed by atoms with E-state index in [1.165, 1.54) is 12.1 Å². The smallest absolute Gasteiger partial charge is 0.404 e. The Balaban J connectivity index is 1.98. The molecular formula is C13H14FN3O3. The first-order chi connectivity index (χ1) is 9.54. The number of amides is 1. The van der Waals surface area contributed by atoms with Gasteiger partial charge in [-0.2, -0.15) is 4.98 Å². The lowest BCUT2D eigenvalue weighted by molar-refractivity contribution is 0.139. The van der Waals surface area contributed by atoms with Gasteiger partial charge in [0, 0.05) is 12.0 Å². The maximum Gasteiger partial charge on any atom is 0.404 e. The molecule has 0 saturated heterocycles. The number of halogens is 1. The quantitative estimate of drug-likeness (QED) is 0.905. The van der Waals surface area contributed by atoms with Gasteiger partial charge in [0.1, 0.15) is 5.82 Å². The highest BCUT2D eigenvalue weighted by Gasteiger charge is 2.13. The van der Waals surface area contributed by atoms with Gasteiger partial charge in [0.25, 0.3) is 5.89 Å². The average molecular weight is 279 g/mol. The summed E-state index contributed by atoms with van der Waals surface area (Å²) in [6.45, 7) is 2.06. The van der Waals surface area contributed by atoms with Crippen molar-refractivity contribution in [1.82, 2.24) is 10.1 Å². The van der Waals surface area contributed by atoms with Crippen LogP contribution >= 0.6 is 0 Å². The van der Waals surface area contributed by atoms with Crippen molar-refractivity contribution in [2.75, 3.05) is 6.61 Å². The van der Waals surface area contributed by atoms with Crippen LogP contribution in [-0.2, 0) is 11.2 Å². The van der Waals surface area contributed by atoms with E-state index in [4.69, 9.17) is 15.0 Å². The van der Waals surface area contributed by atoms with Gasteiger partial charge in [0.15, 0.2) is 5.82 Å². The van der Waals surface area contributed by atoms with Crippen molar-refractivity contribution in [3.05, 3.63) is 35.9 Å². The fourth-order valence-electron chi connectivity index (χ4n) is 1.64. The molecule has 2 N–H and O–H groups in total. The van der Waals surface area contributed by atoms with E-state index >= 15 is 0 Å². The zero-order valence-corrected chi connectivity index (χ0v) is 10.9. The molecular weight excluding hydrogens is 265 g/mol. The maximum absolute atomic E-state index is 12.8. The molecule has 0 aliphatic rings. The van der Waals surface area contributed by atoms with Crippen LogP contribution in [0.1, 0.15) is 12.7 Å². The first-order valence-electron chi connectivity index (χ1n) is 6.05. The summed E-state index contributed by atoms with van der Waals surface area (Å²) in [7, 11) is 0. The first kappa shape index (κ1) is 14.0. The van der Waals surface area contributed by atoms with Gasteiger partial charge in [-0.15, -0.1) is 0 Å². The Kier molecular flexibility index (Phi) is 4.29. The first-order valence-corrected chi connectivity index (χ1v) is 6.05. The monoisotopic (exact) mass is 279 g/mol. The van der Waals surface area contributed by atoms with Crippen molar-refractivity contribution in [2.45, 2.75) is 13.3 Å². The highest BCUT2D eigenvalue weighted by atomic mass is 19.1. The second-order valence-corrected chi connectivity index (χ2v) is 4.46. The van der Waals surface area contributed by atoms with Gasteiger partial charge in [0.05, 0.1) is 6.61 Å². The van der Waals surface area contributed by atoms with Crippen molar-refractivity contribution in [3.63, 3.8) is 0 Å². The molecule has 0 saturated carbocycles. The molecule has 0 fully saturated rings. The normalized spacial score (nSPS) is 12.1. The summed E-state index contributed by atoms with van der Waals surface area (Å²) in [6, 6.07) is 5.77. The summed E-state index contributed by atoms with van der Waals surface area (Å²) in [5, 5.41) is 3.83. The van der Waals surface area contributed by atoms with Crippen molar-refractivity contribution in [2.24, 2.45) is 11.7 Å². The van der Waals surface area contributed by atoms with Crippen LogP contribution < -0.4 is 5.73 Å². The van der Waals surface area contributed by atoms with Gasteiger partial charge in [0.2, 0.25) is 0 Å². The number of hydrogen-bond acceptors (Lipinski definition) is 5. The second kappa shape index (κ2) is 6.14. The van der Waals surface area contributed by atoms with E-state index < -0.39 is 6.09 Å². The van der Waals surface area contributed by atoms with E-state index in [2.05, 4.69) is 10.1 Å². The van der Waals surface area contributed by atoms with Crippen LogP contribution in [0.5, 0.6) is 0 Å². The Hall–Kier alpha value is -2.44. The summed E-state index contributed by atoms with van der Waals surface area (Å²) in [5.74, 6) is 0.500. The zero-order chi connectivity index (χ0) is 14.5. The molecule has 0 radical (unpaired) electrons. The molecule has 6 nitrogen and oxygen atoms in total. The molecule has 20 heavy (non-hydrogen) atoms. The third kappa shape index (κ3) is 3.78. The molecule has 1 aromatic carbocycles. The molecule has 1 heterocycles. The molecule has 1 amide bonds. The van der Waals surface area contributed by atoms with Gasteiger partial charge in [-0.3, -0.25) is 0 Å². The number of carbonyl (C=O) groups excluding carboxylic acids is 1. The molecule has 2 rings (SSSR count). The maximum atomic E-state index is 12.8. The lowest BCUT2D eigenvalue weighted by Gasteiger charge is -2.07. The van der Waals surface area contributed by atoms with Crippen LogP contribution in [0.4, 0.5) is 9.18 Å². The van der Waals surface area contributed by atoms with Crippen LogP contribution in [0.25, 0.3) is 11.5 Å². The van der Waals surface area contributed by atoms with Gasteiger partial charge < -0.3 is 15.0 Å². The Morgan fingerprint density at radius 3 is 2.80 bits per heavy atom. The Morgan fingerprint density at radius 1 is 1.45 bits per heavy atom. The topological polar surface area (TPSA) is 91.2 Å². The van der Waals surface area contributed by atoms with E-state index in [0.717, 1.165) is 0 Å². The SMILES string of the molecule is C[C@H](COC(N)=O)Cc1noc(-c2ccc(F)cc2)n1. The molecule has 0 aliphatic heterocycles. The standard InChI is InChI=1S/C13H14FN3O3/c1-8(7-19-13(15)18)6-11-16-12(20-17-11)9-2-4-10(14)5-3-9/h2-5,8H,6-7H2,1H3,(H2,15,18)/t8-/m0/s1. The Labute approximate surface area is 114 Å². The number of hydrogen-bond donors (Lipinski definition) is 1. The number of benzene rings is 1. The van der Waals surface area contributed by atoms with Gasteiger partial charge in [-0.25, -0.2) is 9.18 Å². The third-order valence-corrected chi connectivity index (χ3v) is 2.60. The van der Waals surface area contributed by atoms with Crippen LogP contribution in [0.3, 0.4) is 0 Å². The molecule has 1 aromatic heterocycles. The van der Waals surface area contributed by atoms with Gasteiger partial charge in [-0.05, 0) is 30.2 Å². The highest BCUT2D eigenvalue weighted by molar-refractivity contribution is 5.64. The van der Waals surface area contributed by atoms with E-state index in [-0.39, 0.29) is 18.3 Å². The van der Waals surface area contributed by atoms with Crippen LogP contribution in [0, 0.1) is 11.7 Å². The van der Waals surface area contributed by atoms with E-state index in [1.54, 1.807) is 12.1 Å². The minimum Gasteiger partial charge on any atom is -0.449 e. The summed E-state index contributed by atoms with van der Waals surface area (Å²) in [6.07, 6.45) is -0.324. The lowest BCUT2D eigenvalue weighted by atomic mass is 10.1. The summed E-state index contributed by atoms with van der Waals surface area (Å²) >= 11 is 0. The van der Waals surface area contributed by atoms with Crippen molar-refractivity contribution < 1.29 is 18.4 Å². The molecule has 0 bridgehead atoms. The Morgan fingerprint density at radius 2 is 2.15 bits per heavy atom. The fraction of sp³-hybridized carbons (Fsp3) is 0.308. The van der Waals surface area contributed by atoms with Crippen molar-refractivity contribution in [3.8, 4) is 11.5 Å². The average Bonchev–Trinajstić information content (AvgIpc) is 2.85. The molecule has 1 atom stereocenters. The number of primary amides is 1. The summed E-state index contributed by atoms with van der Waals surface area (Å²) < 4.78 is 22.6. The van der Waals surface area contributed by atoms with E-state index in [1.807, 2.05) is 6.92 Å². The largest absolute Gasteiger partial charge is 0.449 e. The fourth-order valence-corrected chi connectivity index (χ4v) is 1.64. The predicted molar refractivity (Wildman–Crippen MR) is 68.1 cm³/mol. The third-order valence-electron chi connectivity index (χ3n) is 2.60. The minimum absolute atomic E-state index is 0.0150. The summed E-state index contributed by atoms with van der Waals surface area (Å²) in [5.41, 5.74) is 5.53. The van der Waals surface area contributed by atoms with Gasteiger partial charge >= 0.3 is 6.09 Å². The van der Waals surface area contributed by atoms with Gasteiger partial charge in [-0.1, -0.05) is 12.1 Å². The van der Waals surface area contributed by atoms with Crippen LogP contribution in [0.15, 0.2) is 28.8 Å². The van der Waals surface area contributed by atoms with Crippen LogP contribution in [0.2, 0.25) is 0 Å². The number of nitrogens with zero attached hydrogens (tertiary/aromatic N) is 2. The minimum atomic E-state index is -0.808. The van der Waals surface area contributed by atoms with Crippen molar-refractivity contribution in [1.29, 1.82) is 0 Å². The number of ether oxygens (including phenoxy) is 1. The Bertz CT molecular complexity index is 583. The van der Waals surface area contributed by atoms with Crippen molar-refractivity contribution >= 4 is 6.09 Å². The summed E-state index contributed by atoms with van der Waals surface area (Å²) in [4.78, 5) is 14.7. The molecule has 0 spiro atoms. The zero-order valence-electron chi connectivity index (χ0n) is 10.9.